The average molecular weight is 449 g/mol. The Kier molecular flexibility index (Phi) is 4.82. The van der Waals surface area contributed by atoms with Crippen molar-refractivity contribution in [1.82, 2.24) is 19.4 Å². The lowest BCUT2D eigenvalue weighted by Crippen LogP contribution is -2.71. The molecule has 0 atom stereocenters. The van der Waals surface area contributed by atoms with Gasteiger partial charge in [0, 0.05) is 68.0 Å². The number of anilines is 1. The molecule has 5 heterocycles. The van der Waals surface area contributed by atoms with Gasteiger partial charge in [0.2, 0.25) is 0 Å². The molecule has 4 aromatic rings. The van der Waals surface area contributed by atoms with Gasteiger partial charge < -0.3 is 14.8 Å². The number of nitriles is 1. The van der Waals surface area contributed by atoms with E-state index >= 15 is 0 Å². The van der Waals surface area contributed by atoms with Crippen LogP contribution in [0.1, 0.15) is 25.0 Å². The quantitative estimate of drug-likeness (QED) is 0.426. The second-order valence-corrected chi connectivity index (χ2v) is 9.32. The first kappa shape index (κ1) is 20.8. The third-order valence-electron chi connectivity index (χ3n) is 7.19. The summed E-state index contributed by atoms with van der Waals surface area (Å²) in [5, 5.41) is 12.5. The van der Waals surface area contributed by atoms with Crippen LogP contribution >= 0.6 is 0 Å². The number of benzene rings is 2. The molecule has 0 unspecified atom stereocenters. The highest BCUT2D eigenvalue weighted by atomic mass is 15.3. The molecule has 2 aromatic carbocycles. The van der Waals surface area contributed by atoms with E-state index in [9.17, 15) is 0 Å². The molecule has 7 rings (SSSR count). The number of nitrogens with zero attached hydrogens (tertiary/aromatic N) is 5. The third kappa shape index (κ3) is 3.16. The van der Waals surface area contributed by atoms with E-state index < -0.39 is 0 Å². The molecule has 2 fully saturated rings. The molecular weight excluding hydrogens is 420 g/mol. The normalized spacial score (nSPS) is 16.6. The Balaban J connectivity index is 0.00000106. The minimum Gasteiger partial charge on any atom is -0.370 e. The summed E-state index contributed by atoms with van der Waals surface area (Å²) < 4.78 is 4.50. The molecule has 0 saturated carbocycles. The van der Waals surface area contributed by atoms with Crippen LogP contribution in [0.4, 0.5) is 5.69 Å². The van der Waals surface area contributed by atoms with Gasteiger partial charge in [-0.2, -0.15) is 5.26 Å². The van der Waals surface area contributed by atoms with Crippen molar-refractivity contribution in [3.05, 3.63) is 78.2 Å². The molecule has 3 aliphatic rings. The van der Waals surface area contributed by atoms with E-state index in [1.165, 1.54) is 16.9 Å². The molecule has 0 amide bonds. The molecule has 34 heavy (non-hydrogen) atoms. The van der Waals surface area contributed by atoms with Gasteiger partial charge in [-0.25, -0.2) is 4.98 Å². The van der Waals surface area contributed by atoms with Crippen LogP contribution in [0, 0.1) is 16.7 Å². The molecule has 3 aliphatic heterocycles. The van der Waals surface area contributed by atoms with Crippen molar-refractivity contribution in [2.75, 3.05) is 31.1 Å². The van der Waals surface area contributed by atoms with Crippen molar-refractivity contribution in [3.8, 4) is 34.4 Å². The van der Waals surface area contributed by atoms with Crippen LogP contribution < -0.4 is 10.2 Å². The summed E-state index contributed by atoms with van der Waals surface area (Å²) in [4.78, 5) is 7.20. The number of aromatic nitrogens is 3. The van der Waals surface area contributed by atoms with E-state index in [0.29, 0.717) is 11.0 Å². The lowest BCUT2D eigenvalue weighted by Gasteiger charge is -2.57. The predicted molar refractivity (Wildman–Crippen MR) is 135 cm³/mol. The van der Waals surface area contributed by atoms with Crippen molar-refractivity contribution in [3.63, 3.8) is 0 Å². The van der Waals surface area contributed by atoms with Crippen molar-refractivity contribution in [2.24, 2.45) is 5.41 Å². The largest absolute Gasteiger partial charge is 0.370 e. The van der Waals surface area contributed by atoms with E-state index in [4.69, 9.17) is 10.2 Å². The fourth-order valence-electron chi connectivity index (χ4n) is 5.37. The third-order valence-corrected chi connectivity index (χ3v) is 7.19. The highest BCUT2D eigenvalue weighted by Gasteiger charge is 2.47. The molecule has 2 aromatic heterocycles. The summed E-state index contributed by atoms with van der Waals surface area (Å²) in [6.07, 6.45) is 6.13. The van der Waals surface area contributed by atoms with Crippen molar-refractivity contribution in [1.29, 1.82) is 5.26 Å². The Bertz CT molecular complexity index is 1390. The Morgan fingerprint density at radius 2 is 1.79 bits per heavy atom. The number of hydrogen-bond acceptors (Lipinski definition) is 4. The fraction of sp³-hybridized carbons (Fsp3) is 0.286. The summed E-state index contributed by atoms with van der Waals surface area (Å²) in [5.41, 5.74) is 8.35. The maximum absolute atomic E-state index is 9.10. The molecule has 2 saturated heterocycles. The summed E-state index contributed by atoms with van der Waals surface area (Å²) in [6, 6.07) is 19.0. The lowest BCUT2D eigenvalue weighted by molar-refractivity contribution is 0.121. The standard InChI is InChI=1S/C26H22N6.C2H6/c27-11-18-1-3-19(4-2-18)20-10-24-25-29-7-8-32(25)23-6-5-22(9-21(23)13-30(24)12-20)31-16-26(17-31)14-28-15-26;1-2/h1-10,12,28H,13-17H2;1-2H3. The summed E-state index contributed by atoms with van der Waals surface area (Å²) in [6.45, 7) is 9.40. The first-order chi connectivity index (χ1) is 16.7. The number of nitrogens with one attached hydrogen (secondary N) is 1. The summed E-state index contributed by atoms with van der Waals surface area (Å²) >= 11 is 0. The molecule has 0 radical (unpaired) electrons. The van der Waals surface area contributed by atoms with Gasteiger partial charge in [-0.1, -0.05) is 26.0 Å². The summed E-state index contributed by atoms with van der Waals surface area (Å²) in [7, 11) is 0. The molecule has 170 valence electrons. The molecule has 6 heteroatoms. The minimum absolute atomic E-state index is 0.508. The number of hydrogen-bond donors (Lipinski definition) is 1. The lowest BCUT2D eigenvalue weighted by atomic mass is 9.74. The highest BCUT2D eigenvalue weighted by Crippen LogP contribution is 2.40. The maximum atomic E-state index is 9.10. The van der Waals surface area contributed by atoms with Crippen LogP contribution in [0.5, 0.6) is 0 Å². The van der Waals surface area contributed by atoms with E-state index in [-0.39, 0.29) is 0 Å². The Labute approximate surface area is 200 Å². The SMILES string of the molecule is CC.N#Cc1ccc(-c2cc3n(c2)Cc2cc(N4CC5(CNC5)C4)ccc2-n2ccnc2-3)cc1. The molecular formula is C28H28N6. The number of fused-ring (bicyclic) bond motifs is 5. The van der Waals surface area contributed by atoms with E-state index in [2.05, 4.69) is 62.1 Å². The van der Waals surface area contributed by atoms with Gasteiger partial charge in [-0.15, -0.1) is 0 Å². The zero-order valence-corrected chi connectivity index (χ0v) is 19.6. The molecule has 1 spiro atoms. The zero-order valence-electron chi connectivity index (χ0n) is 19.6. The van der Waals surface area contributed by atoms with Gasteiger partial charge in [0.05, 0.1) is 23.0 Å². The van der Waals surface area contributed by atoms with Gasteiger partial charge in [-0.3, -0.25) is 4.57 Å². The van der Waals surface area contributed by atoms with Crippen LogP contribution in [-0.4, -0.2) is 40.3 Å². The van der Waals surface area contributed by atoms with Gasteiger partial charge in [0.1, 0.15) is 0 Å². The topological polar surface area (TPSA) is 61.8 Å². The van der Waals surface area contributed by atoms with E-state index in [1.807, 2.05) is 44.3 Å². The van der Waals surface area contributed by atoms with Crippen molar-refractivity contribution in [2.45, 2.75) is 20.4 Å². The highest BCUT2D eigenvalue weighted by molar-refractivity contribution is 5.72. The second-order valence-electron chi connectivity index (χ2n) is 9.32. The monoisotopic (exact) mass is 448 g/mol. The summed E-state index contributed by atoms with van der Waals surface area (Å²) in [5.74, 6) is 0.958. The fourth-order valence-corrected chi connectivity index (χ4v) is 5.37. The Morgan fingerprint density at radius 1 is 1.00 bits per heavy atom. The smallest absolute Gasteiger partial charge is 0.161 e. The van der Waals surface area contributed by atoms with Crippen LogP contribution in [0.3, 0.4) is 0 Å². The first-order valence-corrected chi connectivity index (χ1v) is 12.0. The first-order valence-electron chi connectivity index (χ1n) is 12.0. The van der Waals surface area contributed by atoms with Gasteiger partial charge in [0.25, 0.3) is 0 Å². The van der Waals surface area contributed by atoms with Crippen LogP contribution in [0.2, 0.25) is 0 Å². The Morgan fingerprint density at radius 3 is 2.50 bits per heavy atom. The molecule has 0 bridgehead atoms. The predicted octanol–water partition coefficient (Wildman–Crippen LogP) is 4.68. The van der Waals surface area contributed by atoms with Gasteiger partial charge >= 0.3 is 0 Å². The maximum Gasteiger partial charge on any atom is 0.161 e. The van der Waals surface area contributed by atoms with Crippen LogP contribution in [-0.2, 0) is 6.54 Å². The second kappa shape index (κ2) is 7.89. The van der Waals surface area contributed by atoms with Crippen molar-refractivity contribution >= 4 is 5.69 Å². The van der Waals surface area contributed by atoms with Crippen molar-refractivity contribution < 1.29 is 0 Å². The zero-order chi connectivity index (χ0) is 23.3. The van der Waals surface area contributed by atoms with Crippen LogP contribution in [0.15, 0.2) is 67.1 Å². The molecule has 1 N–H and O–H groups in total. The number of imidazole rings is 1. The van der Waals surface area contributed by atoms with Crippen LogP contribution in [0.25, 0.3) is 28.3 Å². The molecule has 6 nitrogen and oxygen atoms in total. The van der Waals surface area contributed by atoms with E-state index in [1.54, 1.807) is 0 Å². The van der Waals surface area contributed by atoms with Gasteiger partial charge in [-0.05, 0) is 47.5 Å². The average Bonchev–Trinajstić information content (AvgIpc) is 3.44. The molecule has 0 aliphatic carbocycles. The van der Waals surface area contributed by atoms with Gasteiger partial charge in [0.15, 0.2) is 5.82 Å². The number of rotatable bonds is 2. The Hall–Kier alpha value is -3.82. The minimum atomic E-state index is 0.508. The van der Waals surface area contributed by atoms with E-state index in [0.717, 1.165) is 55.4 Å².